The first-order valence-corrected chi connectivity index (χ1v) is 7.68. The van der Waals surface area contributed by atoms with Gasteiger partial charge in [-0.05, 0) is 42.3 Å². The van der Waals surface area contributed by atoms with Gasteiger partial charge in [-0.25, -0.2) is 0 Å². The molecule has 1 aromatic heterocycles. The average Bonchev–Trinajstić information content (AvgIpc) is 2.92. The zero-order valence-corrected chi connectivity index (χ0v) is 13.2. The monoisotopic (exact) mass is 332 g/mol. The van der Waals surface area contributed by atoms with E-state index in [1.807, 2.05) is 30.3 Å². The van der Waals surface area contributed by atoms with Crippen molar-refractivity contribution in [3.63, 3.8) is 0 Å². The number of carbonyl (C=O) groups is 1. The summed E-state index contributed by atoms with van der Waals surface area (Å²) in [6, 6.07) is 13.1. The number of rotatable bonds is 4. The molecule has 0 aliphatic heterocycles. The zero-order valence-electron chi connectivity index (χ0n) is 11.7. The zero-order chi connectivity index (χ0) is 15.5. The minimum atomic E-state index is -0.109. The Bertz CT molecular complexity index is 809. The Kier molecular flexibility index (Phi) is 4.36. The van der Waals surface area contributed by atoms with E-state index in [9.17, 15) is 4.79 Å². The van der Waals surface area contributed by atoms with Crippen molar-refractivity contribution in [1.29, 1.82) is 0 Å². The second-order valence-corrected chi connectivity index (χ2v) is 5.90. The number of amides is 1. The fourth-order valence-electron chi connectivity index (χ4n) is 2.35. The third kappa shape index (κ3) is 3.26. The maximum Gasteiger partial charge on any atom is 0.253 e. The maximum atomic E-state index is 12.3. The summed E-state index contributed by atoms with van der Waals surface area (Å²) >= 11 is 11.8. The molecule has 0 bridgehead atoms. The van der Waals surface area contributed by atoms with Gasteiger partial charge in [0.05, 0.1) is 5.56 Å². The average molecular weight is 333 g/mol. The highest BCUT2D eigenvalue weighted by atomic mass is 35.5. The lowest BCUT2D eigenvalue weighted by molar-refractivity contribution is 0.0956. The molecule has 2 aromatic carbocycles. The lowest BCUT2D eigenvalue weighted by Crippen LogP contribution is -2.25. The standard InChI is InChI=1S/C17H14Cl2N2O/c18-12-3-1-11(2-4-12)7-8-20-17(22)15-10-21-16-6-5-13(19)9-14(15)16/h1-6,9-10,21H,7-8H2,(H,20,22). The van der Waals surface area contributed by atoms with E-state index >= 15 is 0 Å². The predicted octanol–water partition coefficient (Wildman–Crippen LogP) is 4.45. The summed E-state index contributed by atoms with van der Waals surface area (Å²) in [5.74, 6) is -0.109. The third-order valence-electron chi connectivity index (χ3n) is 3.50. The van der Waals surface area contributed by atoms with Crippen LogP contribution in [0.25, 0.3) is 10.9 Å². The molecule has 22 heavy (non-hydrogen) atoms. The van der Waals surface area contributed by atoms with Gasteiger partial charge in [-0.1, -0.05) is 35.3 Å². The van der Waals surface area contributed by atoms with Gasteiger partial charge in [-0.3, -0.25) is 4.79 Å². The van der Waals surface area contributed by atoms with E-state index in [2.05, 4.69) is 10.3 Å². The van der Waals surface area contributed by atoms with Crippen LogP contribution in [-0.4, -0.2) is 17.4 Å². The number of nitrogens with one attached hydrogen (secondary N) is 2. The van der Waals surface area contributed by atoms with Gasteiger partial charge in [-0.2, -0.15) is 0 Å². The summed E-state index contributed by atoms with van der Waals surface area (Å²) in [6.45, 7) is 0.563. The Balaban J connectivity index is 1.66. The van der Waals surface area contributed by atoms with E-state index in [4.69, 9.17) is 23.2 Å². The topological polar surface area (TPSA) is 44.9 Å². The molecule has 112 valence electrons. The summed E-state index contributed by atoms with van der Waals surface area (Å²) in [4.78, 5) is 15.4. The highest BCUT2D eigenvalue weighted by Crippen LogP contribution is 2.22. The third-order valence-corrected chi connectivity index (χ3v) is 3.99. The molecule has 2 N–H and O–H groups in total. The van der Waals surface area contributed by atoms with E-state index in [1.165, 1.54) is 0 Å². The molecule has 0 fully saturated rings. The molecule has 0 aliphatic carbocycles. The summed E-state index contributed by atoms with van der Waals surface area (Å²) in [5, 5.41) is 5.08. The number of aromatic amines is 1. The first kappa shape index (κ1) is 14.9. The van der Waals surface area contributed by atoms with Crippen LogP contribution in [0.5, 0.6) is 0 Å². The van der Waals surface area contributed by atoms with Crippen LogP contribution in [0.1, 0.15) is 15.9 Å². The highest BCUT2D eigenvalue weighted by Gasteiger charge is 2.11. The molecule has 0 aliphatic rings. The molecule has 3 aromatic rings. The van der Waals surface area contributed by atoms with Crippen molar-refractivity contribution < 1.29 is 4.79 Å². The van der Waals surface area contributed by atoms with E-state index < -0.39 is 0 Å². The smallest absolute Gasteiger partial charge is 0.253 e. The van der Waals surface area contributed by atoms with E-state index in [0.29, 0.717) is 22.2 Å². The second kappa shape index (κ2) is 6.42. The van der Waals surface area contributed by atoms with Crippen LogP contribution in [0, 0.1) is 0 Å². The minimum Gasteiger partial charge on any atom is -0.360 e. The SMILES string of the molecule is O=C(NCCc1ccc(Cl)cc1)c1c[nH]c2ccc(Cl)cc12. The number of carbonyl (C=O) groups excluding carboxylic acids is 1. The summed E-state index contributed by atoms with van der Waals surface area (Å²) < 4.78 is 0. The molecular formula is C17H14Cl2N2O. The lowest BCUT2D eigenvalue weighted by atomic mass is 10.1. The van der Waals surface area contributed by atoms with Crippen molar-refractivity contribution >= 4 is 40.0 Å². The van der Waals surface area contributed by atoms with Gasteiger partial charge in [0, 0.05) is 33.7 Å². The van der Waals surface area contributed by atoms with Crippen molar-refractivity contribution in [3.05, 3.63) is 69.8 Å². The molecule has 1 amide bonds. The maximum absolute atomic E-state index is 12.3. The van der Waals surface area contributed by atoms with Crippen LogP contribution < -0.4 is 5.32 Å². The number of halogens is 2. The van der Waals surface area contributed by atoms with Gasteiger partial charge in [0.1, 0.15) is 0 Å². The molecule has 1 heterocycles. The summed E-state index contributed by atoms with van der Waals surface area (Å²) in [5.41, 5.74) is 2.63. The summed E-state index contributed by atoms with van der Waals surface area (Å²) in [7, 11) is 0. The largest absolute Gasteiger partial charge is 0.360 e. The van der Waals surface area contributed by atoms with Gasteiger partial charge in [-0.15, -0.1) is 0 Å². The first-order chi connectivity index (χ1) is 10.6. The number of hydrogen-bond acceptors (Lipinski definition) is 1. The molecular weight excluding hydrogens is 319 g/mol. The normalized spacial score (nSPS) is 10.8. The molecule has 3 nitrogen and oxygen atoms in total. The van der Waals surface area contributed by atoms with Crippen molar-refractivity contribution in [3.8, 4) is 0 Å². The Morgan fingerprint density at radius 2 is 1.77 bits per heavy atom. The Morgan fingerprint density at radius 1 is 1.05 bits per heavy atom. The van der Waals surface area contributed by atoms with Crippen molar-refractivity contribution in [2.45, 2.75) is 6.42 Å². The molecule has 0 saturated heterocycles. The molecule has 0 spiro atoms. The van der Waals surface area contributed by atoms with Crippen LogP contribution in [-0.2, 0) is 6.42 Å². The van der Waals surface area contributed by atoms with Crippen LogP contribution in [0.2, 0.25) is 10.0 Å². The number of aromatic nitrogens is 1. The van der Waals surface area contributed by atoms with Gasteiger partial charge in [0.25, 0.3) is 5.91 Å². The molecule has 0 unspecified atom stereocenters. The van der Waals surface area contributed by atoms with E-state index in [1.54, 1.807) is 18.3 Å². The molecule has 0 atom stereocenters. The number of benzene rings is 2. The fourth-order valence-corrected chi connectivity index (χ4v) is 2.65. The minimum absolute atomic E-state index is 0.109. The molecule has 3 rings (SSSR count). The Hall–Kier alpha value is -1.97. The van der Waals surface area contributed by atoms with Gasteiger partial charge in [0.15, 0.2) is 0 Å². The predicted molar refractivity (Wildman–Crippen MR) is 90.8 cm³/mol. The van der Waals surface area contributed by atoms with Crippen LogP contribution in [0.4, 0.5) is 0 Å². The number of fused-ring (bicyclic) bond motifs is 1. The first-order valence-electron chi connectivity index (χ1n) is 6.93. The van der Waals surface area contributed by atoms with Gasteiger partial charge < -0.3 is 10.3 Å². The number of hydrogen-bond donors (Lipinski definition) is 2. The highest BCUT2D eigenvalue weighted by molar-refractivity contribution is 6.31. The van der Waals surface area contributed by atoms with Gasteiger partial charge in [0.2, 0.25) is 0 Å². The van der Waals surface area contributed by atoms with Gasteiger partial charge >= 0.3 is 0 Å². The van der Waals surface area contributed by atoms with Crippen molar-refractivity contribution in [2.24, 2.45) is 0 Å². The Labute approximate surface area is 138 Å². The molecule has 5 heteroatoms. The summed E-state index contributed by atoms with van der Waals surface area (Å²) in [6.07, 6.45) is 2.46. The Morgan fingerprint density at radius 3 is 2.55 bits per heavy atom. The quantitative estimate of drug-likeness (QED) is 0.728. The van der Waals surface area contributed by atoms with Crippen LogP contribution >= 0.6 is 23.2 Å². The number of H-pyrrole nitrogens is 1. The van der Waals surface area contributed by atoms with Crippen molar-refractivity contribution in [2.75, 3.05) is 6.54 Å². The molecule has 0 saturated carbocycles. The lowest BCUT2D eigenvalue weighted by Gasteiger charge is -2.05. The fraction of sp³-hybridized carbons (Fsp3) is 0.118. The second-order valence-electron chi connectivity index (χ2n) is 5.02. The van der Waals surface area contributed by atoms with E-state index in [-0.39, 0.29) is 5.91 Å². The molecule has 0 radical (unpaired) electrons. The van der Waals surface area contributed by atoms with Crippen molar-refractivity contribution in [1.82, 2.24) is 10.3 Å². The van der Waals surface area contributed by atoms with E-state index in [0.717, 1.165) is 22.9 Å². The van der Waals surface area contributed by atoms with Crippen LogP contribution in [0.15, 0.2) is 48.7 Å². The van der Waals surface area contributed by atoms with Crippen LogP contribution in [0.3, 0.4) is 0 Å².